The van der Waals surface area contributed by atoms with Crippen molar-refractivity contribution in [3.8, 4) is 0 Å². The average molecular weight is 332 g/mol. The number of carbonyl (C=O) groups is 2. The molecule has 7 heteroatoms. The van der Waals surface area contributed by atoms with Gasteiger partial charge in [0.2, 0.25) is 11.8 Å². The van der Waals surface area contributed by atoms with Gasteiger partial charge in [-0.1, -0.05) is 12.1 Å². The van der Waals surface area contributed by atoms with Crippen molar-refractivity contribution in [2.45, 2.75) is 40.3 Å². The molecule has 24 heavy (non-hydrogen) atoms. The van der Waals surface area contributed by atoms with E-state index in [-0.39, 0.29) is 30.2 Å². The van der Waals surface area contributed by atoms with Gasteiger partial charge >= 0.3 is 0 Å². The lowest BCUT2D eigenvalue weighted by atomic mass is 10.1. The van der Waals surface area contributed by atoms with Crippen molar-refractivity contribution in [2.24, 2.45) is 0 Å². The topological polar surface area (TPSA) is 76.0 Å². The molecular weight excluding hydrogens is 311 g/mol. The van der Waals surface area contributed by atoms with Gasteiger partial charge in [0.05, 0.1) is 23.1 Å². The predicted molar refractivity (Wildman–Crippen MR) is 89.0 cm³/mol. The number of nitrogens with one attached hydrogen (secondary N) is 2. The minimum atomic E-state index is -0.314. The first kappa shape index (κ1) is 17.7. The van der Waals surface area contributed by atoms with E-state index in [1.54, 1.807) is 30.7 Å². The third-order valence-corrected chi connectivity index (χ3v) is 3.72. The Morgan fingerprint density at radius 2 is 1.88 bits per heavy atom. The number of amides is 2. The van der Waals surface area contributed by atoms with Crippen molar-refractivity contribution in [3.05, 3.63) is 47.0 Å². The van der Waals surface area contributed by atoms with Gasteiger partial charge in [-0.25, -0.2) is 4.39 Å². The van der Waals surface area contributed by atoms with Gasteiger partial charge in [0.1, 0.15) is 12.4 Å². The Hall–Kier alpha value is -2.70. The third-order valence-electron chi connectivity index (χ3n) is 3.72. The van der Waals surface area contributed by atoms with Gasteiger partial charge in [-0.2, -0.15) is 5.10 Å². The van der Waals surface area contributed by atoms with Crippen molar-refractivity contribution in [3.63, 3.8) is 0 Å². The molecule has 1 unspecified atom stereocenters. The van der Waals surface area contributed by atoms with Crippen LogP contribution in [0.3, 0.4) is 0 Å². The van der Waals surface area contributed by atoms with Crippen LogP contribution in [-0.2, 0) is 16.1 Å². The molecule has 0 bridgehead atoms. The first-order valence-electron chi connectivity index (χ1n) is 7.64. The Kier molecular flexibility index (Phi) is 5.33. The van der Waals surface area contributed by atoms with Crippen LogP contribution in [0.2, 0.25) is 0 Å². The molecule has 1 aromatic heterocycles. The lowest BCUT2D eigenvalue weighted by Gasteiger charge is -2.15. The molecule has 0 saturated carbocycles. The van der Waals surface area contributed by atoms with Gasteiger partial charge < -0.3 is 10.6 Å². The van der Waals surface area contributed by atoms with Crippen LogP contribution in [0.1, 0.15) is 36.8 Å². The van der Waals surface area contributed by atoms with E-state index >= 15 is 0 Å². The van der Waals surface area contributed by atoms with Crippen molar-refractivity contribution >= 4 is 17.5 Å². The summed E-state index contributed by atoms with van der Waals surface area (Å²) in [5.41, 5.74) is 2.81. The van der Waals surface area contributed by atoms with Crippen LogP contribution in [0.25, 0.3) is 0 Å². The number of aryl methyl sites for hydroxylation is 1. The van der Waals surface area contributed by atoms with Crippen LogP contribution < -0.4 is 10.6 Å². The molecule has 2 aromatic rings. The fourth-order valence-electron chi connectivity index (χ4n) is 2.47. The summed E-state index contributed by atoms with van der Waals surface area (Å²) in [6.45, 7) is 6.86. The molecule has 128 valence electrons. The van der Waals surface area contributed by atoms with Gasteiger partial charge in [0, 0.05) is 6.92 Å². The summed E-state index contributed by atoms with van der Waals surface area (Å²) < 4.78 is 14.5. The van der Waals surface area contributed by atoms with Crippen LogP contribution in [0, 0.1) is 19.7 Å². The summed E-state index contributed by atoms with van der Waals surface area (Å²) in [6, 6.07) is 5.75. The van der Waals surface area contributed by atoms with Gasteiger partial charge in [0.15, 0.2) is 0 Å². The van der Waals surface area contributed by atoms with Gasteiger partial charge in [-0.15, -0.1) is 0 Å². The van der Waals surface area contributed by atoms with E-state index in [0.717, 1.165) is 5.56 Å². The van der Waals surface area contributed by atoms with Crippen molar-refractivity contribution in [1.29, 1.82) is 0 Å². The number of rotatable bonds is 5. The molecule has 0 aliphatic rings. The van der Waals surface area contributed by atoms with E-state index in [4.69, 9.17) is 0 Å². The number of halogens is 1. The highest BCUT2D eigenvalue weighted by Crippen LogP contribution is 2.19. The number of carbonyl (C=O) groups excluding carboxylic acids is 2. The minimum Gasteiger partial charge on any atom is -0.348 e. The zero-order valence-corrected chi connectivity index (χ0v) is 14.2. The molecule has 1 heterocycles. The highest BCUT2D eigenvalue weighted by Gasteiger charge is 2.16. The zero-order valence-electron chi connectivity index (χ0n) is 14.2. The minimum absolute atomic E-state index is 0.0395. The zero-order chi connectivity index (χ0) is 17.9. The number of anilines is 1. The number of hydrogen-bond donors (Lipinski definition) is 2. The molecule has 0 aliphatic heterocycles. The summed E-state index contributed by atoms with van der Waals surface area (Å²) >= 11 is 0. The quantitative estimate of drug-likeness (QED) is 0.883. The average Bonchev–Trinajstić information content (AvgIpc) is 2.75. The molecule has 0 radical (unpaired) electrons. The second kappa shape index (κ2) is 7.25. The monoisotopic (exact) mass is 332 g/mol. The maximum absolute atomic E-state index is 12.9. The molecular formula is C17H21FN4O2. The lowest BCUT2D eigenvalue weighted by molar-refractivity contribution is -0.122. The van der Waals surface area contributed by atoms with E-state index in [9.17, 15) is 14.0 Å². The van der Waals surface area contributed by atoms with Gasteiger partial charge in [-0.05, 0) is 38.5 Å². The van der Waals surface area contributed by atoms with Crippen molar-refractivity contribution in [2.75, 3.05) is 5.32 Å². The first-order chi connectivity index (χ1) is 11.3. The second-order valence-corrected chi connectivity index (χ2v) is 5.73. The summed E-state index contributed by atoms with van der Waals surface area (Å²) in [6.07, 6.45) is 0. The van der Waals surface area contributed by atoms with E-state index in [1.807, 2.05) is 6.92 Å². The van der Waals surface area contributed by atoms with E-state index in [2.05, 4.69) is 15.7 Å². The molecule has 1 atom stereocenters. The number of hydrogen-bond acceptors (Lipinski definition) is 3. The largest absolute Gasteiger partial charge is 0.348 e. The number of nitrogens with zero attached hydrogens (tertiary/aromatic N) is 2. The van der Waals surface area contributed by atoms with Crippen molar-refractivity contribution in [1.82, 2.24) is 15.1 Å². The van der Waals surface area contributed by atoms with Crippen molar-refractivity contribution < 1.29 is 14.0 Å². The Labute approximate surface area is 140 Å². The Balaban J connectivity index is 2.04. The number of benzene rings is 1. The summed E-state index contributed by atoms with van der Waals surface area (Å²) in [4.78, 5) is 23.4. The molecule has 2 rings (SSSR count). The molecule has 0 fully saturated rings. The predicted octanol–water partition coefficient (Wildman–Crippen LogP) is 2.47. The summed E-state index contributed by atoms with van der Waals surface area (Å²) in [5.74, 6) is -0.715. The van der Waals surface area contributed by atoms with E-state index in [0.29, 0.717) is 17.1 Å². The molecule has 6 nitrogen and oxygen atoms in total. The molecule has 2 amide bonds. The third kappa shape index (κ3) is 4.18. The SMILES string of the molecule is CC(=O)Nc1c(C)nn(CC(=O)NC(C)c2ccc(F)cc2)c1C. The van der Waals surface area contributed by atoms with Gasteiger partial charge in [0.25, 0.3) is 0 Å². The summed E-state index contributed by atoms with van der Waals surface area (Å²) in [5, 5.41) is 9.86. The molecule has 0 saturated heterocycles. The van der Waals surface area contributed by atoms with Gasteiger partial charge in [-0.3, -0.25) is 14.3 Å². The smallest absolute Gasteiger partial charge is 0.242 e. The molecule has 0 aliphatic carbocycles. The Morgan fingerprint density at radius 3 is 2.46 bits per heavy atom. The van der Waals surface area contributed by atoms with Crippen LogP contribution in [0.5, 0.6) is 0 Å². The van der Waals surface area contributed by atoms with Crippen LogP contribution in [0.15, 0.2) is 24.3 Å². The first-order valence-corrected chi connectivity index (χ1v) is 7.64. The summed E-state index contributed by atoms with van der Waals surface area (Å²) in [7, 11) is 0. The Morgan fingerprint density at radius 1 is 1.25 bits per heavy atom. The molecule has 2 N–H and O–H groups in total. The molecule has 1 aromatic carbocycles. The highest BCUT2D eigenvalue weighted by atomic mass is 19.1. The maximum Gasteiger partial charge on any atom is 0.242 e. The van der Waals surface area contributed by atoms with E-state index in [1.165, 1.54) is 19.1 Å². The second-order valence-electron chi connectivity index (χ2n) is 5.73. The maximum atomic E-state index is 12.9. The standard InChI is InChI=1S/C17H21FN4O2/c1-10(14-5-7-15(18)8-6-14)19-16(24)9-22-12(3)17(11(2)21-22)20-13(4)23/h5-8,10H,9H2,1-4H3,(H,19,24)(H,20,23). The lowest BCUT2D eigenvalue weighted by Crippen LogP contribution is -2.30. The fourth-order valence-corrected chi connectivity index (χ4v) is 2.47. The van der Waals surface area contributed by atoms with Crippen LogP contribution in [-0.4, -0.2) is 21.6 Å². The normalized spacial score (nSPS) is 11.9. The Bertz CT molecular complexity index is 753. The highest BCUT2D eigenvalue weighted by molar-refractivity contribution is 5.90. The number of aromatic nitrogens is 2. The van der Waals surface area contributed by atoms with Crippen LogP contribution in [0.4, 0.5) is 10.1 Å². The fraction of sp³-hybridized carbons (Fsp3) is 0.353. The van der Waals surface area contributed by atoms with E-state index < -0.39 is 0 Å². The van der Waals surface area contributed by atoms with Crippen LogP contribution >= 0.6 is 0 Å². The molecule has 0 spiro atoms.